The SMILES string of the molecule is CC(=O)C1CCNCC1.CC(=O)c1ccc(Br)s1.CC(=O)c1ccc(N)nc1.CC(=O)c1ccc2[nH]ccc2c1.CC(=O)c1ccc2c(c1)OCO2.CC(=O)c1ccc2ccccc2c1.CC(=O)c1ccccc1.Cc1cc2ccccc2o1.Cc1ccc(C(F)(F)F)nc1. The van der Waals surface area contributed by atoms with Crippen LogP contribution < -0.4 is 20.5 Å². The number of alkyl halides is 3. The number of aryl methyl sites for hydroxylation is 2. The van der Waals surface area contributed by atoms with E-state index >= 15 is 0 Å². The second-order valence-electron chi connectivity index (χ2n) is 21.4. The van der Waals surface area contributed by atoms with Crippen molar-refractivity contribution in [2.24, 2.45) is 5.92 Å². The lowest BCUT2D eigenvalue weighted by Gasteiger charge is -2.19. The largest absolute Gasteiger partial charge is 0.461 e. The predicted octanol–water partition coefficient (Wildman–Crippen LogP) is 18.2. The number of furan rings is 1. The monoisotopic (exact) mass is 1370 g/mol. The molecule has 0 spiro atoms. The molecule has 5 aromatic heterocycles. The van der Waals surface area contributed by atoms with Crippen LogP contribution >= 0.6 is 27.3 Å². The van der Waals surface area contributed by atoms with E-state index in [0.717, 1.165) is 90.5 Å². The van der Waals surface area contributed by atoms with Crippen molar-refractivity contribution >= 4 is 106 Å². The summed E-state index contributed by atoms with van der Waals surface area (Å²) in [5, 5.41) is 7.78. The molecule has 20 heteroatoms. The Kier molecular flexibility index (Phi) is 30.5. The Morgan fingerprint density at radius 3 is 1.60 bits per heavy atom. The Bertz CT molecular complexity index is 4280. The average Bonchev–Trinajstić information content (AvgIpc) is 1.89. The predicted molar refractivity (Wildman–Crippen MR) is 373 cm³/mol. The Hall–Kier alpha value is -10.0. The summed E-state index contributed by atoms with van der Waals surface area (Å²) < 4.78 is 52.2. The van der Waals surface area contributed by atoms with E-state index in [9.17, 15) is 46.7 Å². The quantitative estimate of drug-likeness (QED) is 0.126. The number of H-pyrrole nitrogens is 1. The first-order valence-electron chi connectivity index (χ1n) is 29.9. The number of aromatic amines is 1. The zero-order valence-corrected chi connectivity index (χ0v) is 56.5. The standard InChI is InChI=1S/C12H10O.C10H9NO.C9H8O3.C9H8O.C8H8O.C7H6F3N.C7H8N2O.C7H13NO.C6H5BrOS/c1-9(13)11-7-6-10-4-2-3-5-12(10)8-11;1-7(12)8-2-3-10-9(6-8)4-5-11-10;1-6(10)7-2-3-8-9(4-7)12-5-11-8;1-7-6-8-4-2-3-5-9(8)10-7;1-7(9)8-5-3-2-4-6-8;1-5-2-3-6(11-4-5)7(8,9)10;1-5(10)6-2-3-7(8)9-4-6;1-6(9)7-2-4-8-5-3-7;1-4(8)5-2-3-6(7)9-5/h2-8H,1H3;2-6,11H,1H3;2-4H,5H2,1H3;2-6H,1H3;2-6H,1H3;2-4H,1H3;2-4H,1H3,(H2,8,9);7-8H,2-5H2,1H3;2-3H,1H3. The van der Waals surface area contributed by atoms with E-state index in [2.05, 4.69) is 36.2 Å². The number of carbonyl (C=O) groups is 7. The number of nitrogens with two attached hydrogens (primary N) is 1. The van der Waals surface area contributed by atoms with Crippen LogP contribution in [-0.2, 0) is 11.0 Å². The van der Waals surface area contributed by atoms with Crippen LogP contribution in [0.5, 0.6) is 11.5 Å². The molecule has 0 atom stereocenters. The number of thiophene rings is 1. The molecule has 15 nitrogen and oxygen atoms in total. The van der Waals surface area contributed by atoms with Crippen molar-refractivity contribution in [2.75, 3.05) is 25.6 Å². The molecule has 0 aliphatic carbocycles. The molecule has 1 fully saturated rings. The van der Waals surface area contributed by atoms with Gasteiger partial charge in [0.05, 0.1) is 8.66 Å². The Morgan fingerprint density at radius 2 is 1.08 bits per heavy atom. The van der Waals surface area contributed by atoms with E-state index in [1.807, 2.05) is 153 Å². The first-order chi connectivity index (χ1) is 45.2. The van der Waals surface area contributed by atoms with Gasteiger partial charge in [-0.3, -0.25) is 38.5 Å². The summed E-state index contributed by atoms with van der Waals surface area (Å²) in [6.45, 7) is 16.9. The topological polar surface area (TPSA) is 231 Å². The molecule has 2 aliphatic heterocycles. The lowest BCUT2D eigenvalue weighted by molar-refractivity contribution is -0.141. The molecule has 0 bridgehead atoms. The van der Waals surface area contributed by atoms with Crippen molar-refractivity contribution < 1.29 is 60.6 Å². The highest BCUT2D eigenvalue weighted by Gasteiger charge is 2.31. The van der Waals surface area contributed by atoms with Gasteiger partial charge in [-0.25, -0.2) is 4.98 Å². The van der Waals surface area contributed by atoms with Crippen molar-refractivity contribution in [2.45, 2.75) is 81.3 Å². The third-order valence-corrected chi connectivity index (χ3v) is 15.6. The number of anilines is 1. The molecule has 0 amide bonds. The molecule has 6 aromatic carbocycles. The number of nitrogens with zero attached hydrogens (tertiary/aromatic N) is 2. The third kappa shape index (κ3) is 26.5. The van der Waals surface area contributed by atoms with Gasteiger partial charge in [-0.15, -0.1) is 11.3 Å². The van der Waals surface area contributed by atoms with Crippen molar-refractivity contribution in [1.29, 1.82) is 0 Å². The summed E-state index contributed by atoms with van der Waals surface area (Å²) in [7, 11) is 0. The van der Waals surface area contributed by atoms with Gasteiger partial charge in [0.25, 0.3) is 0 Å². The molecule has 7 heterocycles. The summed E-state index contributed by atoms with van der Waals surface area (Å²) in [6.07, 6.45) is 2.29. The molecule has 13 rings (SSSR count). The molecule has 494 valence electrons. The molecule has 2 aliphatic rings. The minimum absolute atomic E-state index is 0.00694. The first kappa shape index (κ1) is 75.7. The molecule has 4 N–H and O–H groups in total. The molecule has 0 saturated carbocycles. The number of halogens is 4. The number of para-hydroxylation sites is 1. The lowest BCUT2D eigenvalue weighted by Crippen LogP contribution is -2.30. The van der Waals surface area contributed by atoms with Gasteiger partial charge in [-0.05, 0) is 212 Å². The maximum Gasteiger partial charge on any atom is 0.433 e. The molecule has 11 aromatic rings. The summed E-state index contributed by atoms with van der Waals surface area (Å²) in [4.78, 5) is 86.6. The second-order valence-corrected chi connectivity index (χ2v) is 23.9. The number of hydrogen-bond donors (Lipinski definition) is 3. The molecule has 1 saturated heterocycles. The number of benzene rings is 6. The molecular weight excluding hydrogens is 1300 g/mol. The minimum atomic E-state index is -4.33. The van der Waals surface area contributed by atoms with Crippen molar-refractivity contribution in [3.05, 3.63) is 254 Å². The zero-order chi connectivity index (χ0) is 69.6. The van der Waals surface area contributed by atoms with Crippen LogP contribution in [0, 0.1) is 19.8 Å². The highest BCUT2D eigenvalue weighted by atomic mass is 79.9. The number of nitrogen functional groups attached to an aromatic ring is 1. The fourth-order valence-corrected chi connectivity index (χ4v) is 9.85. The number of hydrogen-bond acceptors (Lipinski definition) is 15. The molecule has 95 heavy (non-hydrogen) atoms. The van der Waals surface area contributed by atoms with Gasteiger partial charge in [0, 0.05) is 68.6 Å². The number of Topliss-reactive ketones (excluding diaryl/α,β-unsaturated/α-hetero) is 7. The van der Waals surface area contributed by atoms with Crippen LogP contribution in [0.3, 0.4) is 0 Å². The van der Waals surface area contributed by atoms with Gasteiger partial charge in [-0.1, -0.05) is 91.0 Å². The maximum absolute atomic E-state index is 11.9. The van der Waals surface area contributed by atoms with E-state index in [1.165, 1.54) is 54.4 Å². The summed E-state index contributed by atoms with van der Waals surface area (Å²) in [6, 6.07) is 55.2. The van der Waals surface area contributed by atoms with Gasteiger partial charge in [0.2, 0.25) is 6.79 Å². The van der Waals surface area contributed by atoms with Crippen molar-refractivity contribution in [1.82, 2.24) is 20.3 Å². The number of ether oxygens (including phenoxy) is 2. The Labute approximate surface area is 562 Å². The summed E-state index contributed by atoms with van der Waals surface area (Å²) in [5.74, 6) is 4.00. The summed E-state index contributed by atoms with van der Waals surface area (Å²) in [5.41, 5.74) is 10.8. The minimum Gasteiger partial charge on any atom is -0.461 e. The average molecular weight is 1380 g/mol. The van der Waals surface area contributed by atoms with E-state index in [-0.39, 0.29) is 41.5 Å². The number of carbonyl (C=O) groups excluding carboxylic acids is 7. The van der Waals surface area contributed by atoms with E-state index in [4.69, 9.17) is 19.6 Å². The van der Waals surface area contributed by atoms with Crippen LogP contribution in [0.1, 0.15) is 140 Å². The van der Waals surface area contributed by atoms with Gasteiger partial charge in [0.1, 0.15) is 28.6 Å². The van der Waals surface area contributed by atoms with Crippen LogP contribution in [0.2, 0.25) is 0 Å². The highest BCUT2D eigenvalue weighted by molar-refractivity contribution is 9.11. The van der Waals surface area contributed by atoms with Gasteiger partial charge in [0.15, 0.2) is 46.2 Å². The third-order valence-electron chi connectivity index (χ3n) is 13.9. The highest BCUT2D eigenvalue weighted by Crippen LogP contribution is 2.33. The second kappa shape index (κ2) is 38.2. The van der Waals surface area contributed by atoms with E-state index < -0.39 is 11.9 Å². The van der Waals surface area contributed by atoms with Gasteiger partial charge in [-0.2, -0.15) is 13.2 Å². The fraction of sp³-hybridized carbons (Fsp3) is 0.213. The number of rotatable bonds is 7. The summed E-state index contributed by atoms with van der Waals surface area (Å²) >= 11 is 4.73. The first-order valence-corrected chi connectivity index (χ1v) is 31.5. The smallest absolute Gasteiger partial charge is 0.433 e. The Morgan fingerprint density at radius 1 is 0.526 bits per heavy atom. The Balaban J connectivity index is 0.000000194. The van der Waals surface area contributed by atoms with Gasteiger partial charge < -0.3 is 29.9 Å². The normalized spacial score (nSPS) is 11.6. The van der Waals surface area contributed by atoms with Crippen molar-refractivity contribution in [3.63, 3.8) is 0 Å². The number of piperidine rings is 1. The molecular formula is C75H75BrF3N5O10S. The number of nitrogens with one attached hydrogen (secondary N) is 2. The van der Waals surface area contributed by atoms with Crippen LogP contribution in [0.25, 0.3) is 32.6 Å². The lowest BCUT2D eigenvalue weighted by atomic mass is 9.95. The fourth-order valence-electron chi connectivity index (χ4n) is 8.56. The van der Waals surface area contributed by atoms with Gasteiger partial charge >= 0.3 is 6.18 Å². The van der Waals surface area contributed by atoms with Crippen LogP contribution in [-0.4, -0.2) is 75.3 Å². The zero-order valence-electron chi connectivity index (χ0n) is 54.1. The molecule has 0 unspecified atom stereocenters. The van der Waals surface area contributed by atoms with Crippen LogP contribution in [0.4, 0.5) is 19.0 Å². The molecule has 0 radical (unpaired) electrons. The number of pyridine rings is 2. The van der Waals surface area contributed by atoms with Crippen LogP contribution in [0.15, 0.2) is 209 Å². The van der Waals surface area contributed by atoms with E-state index in [0.29, 0.717) is 40.1 Å². The number of ketones is 7. The van der Waals surface area contributed by atoms with E-state index in [1.54, 1.807) is 71.9 Å². The number of aromatic nitrogens is 3. The van der Waals surface area contributed by atoms with Crippen molar-refractivity contribution in [3.8, 4) is 11.5 Å². The number of fused-ring (bicyclic) bond motifs is 4. The maximum atomic E-state index is 11.9.